The monoisotopic (exact) mass is 435 g/mol. The summed E-state index contributed by atoms with van der Waals surface area (Å²) in [5, 5.41) is 12.9. The Balaban J connectivity index is 1.97. The molecule has 0 radical (unpaired) electrons. The van der Waals surface area contributed by atoms with E-state index in [-0.39, 0.29) is 11.9 Å². The van der Waals surface area contributed by atoms with Gasteiger partial charge in [0.1, 0.15) is 5.75 Å². The smallest absolute Gasteiger partial charge is 0.212 e. The standard InChI is InChI=1S/C15H11Br2N5O/c16-8-5-7(6-9(17)12(8)23)13-20-14(18)21-15-19-10-3-1-2-4-11(10)22(13)15/h1-6,13,23H,(H3,18,19,20,21)/t13-/m0/s1. The molecule has 8 heteroatoms. The van der Waals surface area contributed by atoms with Crippen molar-refractivity contribution in [1.82, 2.24) is 9.55 Å². The van der Waals surface area contributed by atoms with Crippen molar-refractivity contribution in [2.45, 2.75) is 6.17 Å². The highest BCUT2D eigenvalue weighted by atomic mass is 79.9. The van der Waals surface area contributed by atoms with E-state index in [1.54, 1.807) is 0 Å². The van der Waals surface area contributed by atoms with Crippen LogP contribution < -0.4 is 11.1 Å². The molecule has 1 aliphatic heterocycles. The molecule has 0 aliphatic carbocycles. The number of guanidine groups is 1. The Morgan fingerprint density at radius 1 is 1.17 bits per heavy atom. The predicted octanol–water partition coefficient (Wildman–Crippen LogP) is 3.55. The summed E-state index contributed by atoms with van der Waals surface area (Å²) in [4.78, 5) is 9.07. The molecular weight excluding hydrogens is 426 g/mol. The lowest BCUT2D eigenvalue weighted by Crippen LogP contribution is -2.31. The van der Waals surface area contributed by atoms with Gasteiger partial charge in [-0.2, -0.15) is 0 Å². The van der Waals surface area contributed by atoms with Crippen molar-refractivity contribution in [3.8, 4) is 5.75 Å². The summed E-state index contributed by atoms with van der Waals surface area (Å²) in [6.45, 7) is 0. The number of fused-ring (bicyclic) bond motifs is 3. The van der Waals surface area contributed by atoms with Gasteiger partial charge in [0.15, 0.2) is 12.1 Å². The summed E-state index contributed by atoms with van der Waals surface area (Å²) < 4.78 is 3.15. The molecule has 116 valence electrons. The largest absolute Gasteiger partial charge is 0.506 e. The molecule has 0 fully saturated rings. The Morgan fingerprint density at radius 3 is 2.61 bits per heavy atom. The highest BCUT2D eigenvalue weighted by Gasteiger charge is 2.26. The molecule has 4 rings (SSSR count). The molecule has 2 aromatic carbocycles. The summed E-state index contributed by atoms with van der Waals surface area (Å²) in [5.74, 6) is 1.09. The Kier molecular flexibility index (Phi) is 3.31. The van der Waals surface area contributed by atoms with Crippen LogP contribution in [0.2, 0.25) is 0 Å². The number of nitrogens with one attached hydrogen (secondary N) is 1. The molecule has 1 aromatic heterocycles. The number of aromatic hydroxyl groups is 1. The van der Waals surface area contributed by atoms with E-state index in [1.165, 1.54) is 0 Å². The van der Waals surface area contributed by atoms with Gasteiger partial charge in [0.25, 0.3) is 0 Å². The Hall–Kier alpha value is -2.06. The second kappa shape index (κ2) is 5.24. The van der Waals surface area contributed by atoms with Crippen LogP contribution in [0.3, 0.4) is 0 Å². The second-order valence-electron chi connectivity index (χ2n) is 5.14. The fourth-order valence-electron chi connectivity index (χ4n) is 2.67. The molecule has 0 spiro atoms. The summed E-state index contributed by atoms with van der Waals surface area (Å²) in [7, 11) is 0. The minimum Gasteiger partial charge on any atom is -0.506 e. The van der Waals surface area contributed by atoms with E-state index in [9.17, 15) is 5.11 Å². The molecule has 4 N–H and O–H groups in total. The van der Waals surface area contributed by atoms with Crippen molar-refractivity contribution in [3.63, 3.8) is 0 Å². The summed E-state index contributed by atoms with van der Waals surface area (Å²) in [6, 6.07) is 11.5. The van der Waals surface area contributed by atoms with Gasteiger partial charge in [0, 0.05) is 0 Å². The number of imidazole rings is 1. The van der Waals surface area contributed by atoms with Crippen molar-refractivity contribution in [3.05, 3.63) is 50.9 Å². The number of hydrogen-bond donors (Lipinski definition) is 3. The third-order valence-electron chi connectivity index (χ3n) is 3.68. The highest BCUT2D eigenvalue weighted by Crippen LogP contribution is 2.39. The van der Waals surface area contributed by atoms with Gasteiger partial charge in [-0.05, 0) is 61.7 Å². The van der Waals surface area contributed by atoms with Gasteiger partial charge in [-0.1, -0.05) is 12.1 Å². The fraction of sp³-hybridized carbons (Fsp3) is 0.0667. The Labute approximate surface area is 148 Å². The van der Waals surface area contributed by atoms with Gasteiger partial charge in [0.2, 0.25) is 5.95 Å². The quantitative estimate of drug-likeness (QED) is 0.544. The van der Waals surface area contributed by atoms with Gasteiger partial charge >= 0.3 is 0 Å². The van der Waals surface area contributed by atoms with Crippen LogP contribution in [0.1, 0.15) is 11.7 Å². The summed E-state index contributed by atoms with van der Waals surface area (Å²) >= 11 is 6.72. The number of nitrogens with two attached hydrogens (primary N) is 1. The van der Waals surface area contributed by atoms with Crippen molar-refractivity contribution in [2.75, 3.05) is 5.32 Å². The van der Waals surface area contributed by atoms with E-state index in [0.29, 0.717) is 20.9 Å². The minimum atomic E-state index is -0.369. The van der Waals surface area contributed by atoms with E-state index in [1.807, 2.05) is 41.0 Å². The lowest BCUT2D eigenvalue weighted by Gasteiger charge is -2.24. The van der Waals surface area contributed by atoms with Crippen molar-refractivity contribution in [1.29, 1.82) is 0 Å². The molecule has 1 aliphatic rings. The first-order valence-corrected chi connectivity index (χ1v) is 8.38. The SMILES string of the molecule is NC1=N[C@H](c2cc(Br)c(O)c(Br)c2)n2c(nc3ccccc32)N1. The van der Waals surface area contributed by atoms with E-state index < -0.39 is 0 Å². The number of phenols is 1. The fourth-order valence-corrected chi connectivity index (χ4v) is 3.90. The Morgan fingerprint density at radius 2 is 1.87 bits per heavy atom. The molecule has 0 bridgehead atoms. The molecule has 2 heterocycles. The van der Waals surface area contributed by atoms with Crippen LogP contribution in [0.15, 0.2) is 50.3 Å². The number of phenolic OH excluding ortho intramolecular Hbond substituents is 1. The maximum absolute atomic E-state index is 9.92. The normalized spacial score (nSPS) is 16.8. The molecule has 1 atom stereocenters. The summed E-state index contributed by atoms with van der Waals surface area (Å²) in [5.41, 5.74) is 8.61. The topological polar surface area (TPSA) is 88.5 Å². The number of nitrogens with zero attached hydrogens (tertiary/aromatic N) is 3. The first kappa shape index (κ1) is 14.5. The minimum absolute atomic E-state index is 0.148. The zero-order valence-electron chi connectivity index (χ0n) is 11.7. The zero-order chi connectivity index (χ0) is 16.1. The van der Waals surface area contributed by atoms with Gasteiger partial charge in [-0.25, -0.2) is 9.98 Å². The highest BCUT2D eigenvalue weighted by molar-refractivity contribution is 9.11. The third kappa shape index (κ3) is 2.29. The van der Waals surface area contributed by atoms with Crippen LogP contribution in [-0.4, -0.2) is 20.6 Å². The lowest BCUT2D eigenvalue weighted by atomic mass is 10.1. The molecule has 23 heavy (non-hydrogen) atoms. The Bertz CT molecular complexity index is 943. The average molecular weight is 437 g/mol. The zero-order valence-corrected chi connectivity index (χ0v) is 14.8. The van der Waals surface area contributed by atoms with Crippen LogP contribution in [0.4, 0.5) is 5.95 Å². The van der Waals surface area contributed by atoms with Crippen LogP contribution in [-0.2, 0) is 0 Å². The van der Waals surface area contributed by atoms with E-state index >= 15 is 0 Å². The molecule has 6 nitrogen and oxygen atoms in total. The summed E-state index contributed by atoms with van der Waals surface area (Å²) in [6.07, 6.45) is -0.369. The van der Waals surface area contributed by atoms with Gasteiger partial charge in [-0.3, -0.25) is 9.88 Å². The van der Waals surface area contributed by atoms with Crippen LogP contribution in [0, 0.1) is 0 Å². The van der Waals surface area contributed by atoms with Gasteiger partial charge < -0.3 is 10.8 Å². The average Bonchev–Trinajstić information content (AvgIpc) is 2.89. The van der Waals surface area contributed by atoms with Crippen molar-refractivity contribution in [2.24, 2.45) is 10.7 Å². The molecule has 0 amide bonds. The maximum atomic E-state index is 9.92. The lowest BCUT2D eigenvalue weighted by molar-refractivity contribution is 0.467. The number of aromatic nitrogens is 2. The number of rotatable bonds is 1. The first-order chi connectivity index (χ1) is 11.0. The van der Waals surface area contributed by atoms with E-state index in [4.69, 9.17) is 5.73 Å². The molecular formula is C15H11Br2N5O. The maximum Gasteiger partial charge on any atom is 0.212 e. The van der Waals surface area contributed by atoms with Crippen molar-refractivity contribution < 1.29 is 5.11 Å². The van der Waals surface area contributed by atoms with E-state index in [0.717, 1.165) is 16.6 Å². The van der Waals surface area contributed by atoms with Crippen LogP contribution >= 0.6 is 31.9 Å². The van der Waals surface area contributed by atoms with Crippen LogP contribution in [0.25, 0.3) is 11.0 Å². The van der Waals surface area contributed by atoms with Crippen molar-refractivity contribution >= 4 is 54.8 Å². The van der Waals surface area contributed by atoms with Crippen LogP contribution in [0.5, 0.6) is 5.75 Å². The number of benzene rings is 2. The number of hydrogen-bond acceptors (Lipinski definition) is 5. The third-order valence-corrected chi connectivity index (χ3v) is 4.89. The number of aliphatic imine (C=N–C) groups is 1. The molecule has 0 saturated heterocycles. The number of para-hydroxylation sites is 2. The number of anilines is 1. The van der Waals surface area contributed by atoms with Gasteiger partial charge in [0.05, 0.1) is 20.0 Å². The van der Waals surface area contributed by atoms with Gasteiger partial charge in [-0.15, -0.1) is 0 Å². The second-order valence-corrected chi connectivity index (χ2v) is 6.85. The van der Waals surface area contributed by atoms with E-state index in [2.05, 4.69) is 47.2 Å². The molecule has 0 unspecified atom stereocenters. The predicted molar refractivity (Wildman–Crippen MR) is 96.6 cm³/mol. The number of halogens is 2. The molecule has 0 saturated carbocycles. The first-order valence-electron chi connectivity index (χ1n) is 6.80. The molecule has 3 aromatic rings.